The molecule has 0 fully saturated rings. The average molecular weight is 290 g/mol. The number of guanidine groups is 1. The van der Waals surface area contributed by atoms with E-state index in [0.717, 1.165) is 18.2 Å². The third-order valence-electron chi connectivity index (χ3n) is 2.69. The molecule has 2 heterocycles. The average Bonchev–Trinajstić information content (AvgIpc) is 3.01. The second kappa shape index (κ2) is 7.49. The van der Waals surface area contributed by atoms with E-state index in [1.54, 1.807) is 25.5 Å². The van der Waals surface area contributed by atoms with E-state index < -0.39 is 0 Å². The lowest BCUT2D eigenvalue weighted by Crippen LogP contribution is -2.36. The number of rotatable bonds is 5. The molecule has 5 nitrogen and oxygen atoms in total. The minimum atomic E-state index is 0.598. The summed E-state index contributed by atoms with van der Waals surface area (Å²) in [5.41, 5.74) is 2.15. The highest BCUT2D eigenvalue weighted by Crippen LogP contribution is 2.06. The van der Waals surface area contributed by atoms with Crippen LogP contribution in [0.15, 0.2) is 40.0 Å². The van der Waals surface area contributed by atoms with Crippen LogP contribution in [-0.4, -0.2) is 25.1 Å². The second-order valence-corrected chi connectivity index (χ2v) is 4.86. The van der Waals surface area contributed by atoms with E-state index in [9.17, 15) is 0 Å². The molecule has 20 heavy (non-hydrogen) atoms. The molecule has 0 spiro atoms. The van der Waals surface area contributed by atoms with Crippen molar-refractivity contribution in [3.8, 4) is 5.88 Å². The van der Waals surface area contributed by atoms with Crippen molar-refractivity contribution in [2.45, 2.75) is 13.1 Å². The van der Waals surface area contributed by atoms with E-state index >= 15 is 0 Å². The van der Waals surface area contributed by atoms with E-state index in [1.807, 2.05) is 18.2 Å². The Balaban J connectivity index is 1.84. The molecular weight excluding hydrogens is 272 g/mol. The van der Waals surface area contributed by atoms with E-state index in [-0.39, 0.29) is 0 Å². The van der Waals surface area contributed by atoms with E-state index in [2.05, 4.69) is 37.4 Å². The van der Waals surface area contributed by atoms with Crippen LogP contribution in [0, 0.1) is 0 Å². The number of aromatic nitrogens is 1. The molecule has 2 rings (SSSR count). The fourth-order valence-corrected chi connectivity index (χ4v) is 2.31. The largest absolute Gasteiger partial charge is 0.481 e. The molecule has 0 amide bonds. The van der Waals surface area contributed by atoms with Gasteiger partial charge in [0, 0.05) is 19.7 Å². The molecule has 0 saturated carbocycles. The van der Waals surface area contributed by atoms with Crippen molar-refractivity contribution < 1.29 is 4.74 Å². The van der Waals surface area contributed by atoms with Gasteiger partial charge in [-0.1, -0.05) is 6.07 Å². The SMILES string of the molecule is CN=C(NCc1ccsc1)NCc1cccc(OC)n1. The Morgan fingerprint density at radius 3 is 2.85 bits per heavy atom. The van der Waals surface area contributed by atoms with Crippen molar-refractivity contribution in [1.82, 2.24) is 15.6 Å². The lowest BCUT2D eigenvalue weighted by Gasteiger charge is -2.11. The van der Waals surface area contributed by atoms with Gasteiger partial charge in [0.1, 0.15) is 0 Å². The standard InChI is InChI=1S/C14H18N4OS/c1-15-14(16-8-11-6-7-20-10-11)17-9-12-4-3-5-13(18-12)19-2/h3-7,10H,8-9H2,1-2H3,(H2,15,16,17). The summed E-state index contributed by atoms with van der Waals surface area (Å²) in [6.07, 6.45) is 0. The summed E-state index contributed by atoms with van der Waals surface area (Å²) in [5.74, 6) is 1.37. The van der Waals surface area contributed by atoms with Gasteiger partial charge < -0.3 is 15.4 Å². The second-order valence-electron chi connectivity index (χ2n) is 4.08. The molecule has 2 N–H and O–H groups in total. The first-order valence-electron chi connectivity index (χ1n) is 6.27. The van der Waals surface area contributed by atoms with E-state index in [4.69, 9.17) is 4.74 Å². The van der Waals surface area contributed by atoms with Gasteiger partial charge in [-0.2, -0.15) is 11.3 Å². The van der Waals surface area contributed by atoms with Crippen LogP contribution in [0.25, 0.3) is 0 Å². The van der Waals surface area contributed by atoms with Gasteiger partial charge in [0.05, 0.1) is 19.3 Å². The maximum Gasteiger partial charge on any atom is 0.213 e. The molecule has 0 atom stereocenters. The molecule has 0 aliphatic heterocycles. The topological polar surface area (TPSA) is 58.5 Å². The Hall–Kier alpha value is -2.08. The molecule has 0 bridgehead atoms. The zero-order valence-corrected chi connectivity index (χ0v) is 12.4. The molecule has 0 radical (unpaired) electrons. The van der Waals surface area contributed by atoms with Gasteiger partial charge in [-0.05, 0) is 28.5 Å². The van der Waals surface area contributed by atoms with E-state index in [1.165, 1.54) is 5.56 Å². The smallest absolute Gasteiger partial charge is 0.213 e. The number of hydrogen-bond acceptors (Lipinski definition) is 4. The highest BCUT2D eigenvalue weighted by Gasteiger charge is 2.01. The predicted molar refractivity (Wildman–Crippen MR) is 82.1 cm³/mol. The first-order chi connectivity index (χ1) is 9.81. The van der Waals surface area contributed by atoms with E-state index in [0.29, 0.717) is 12.4 Å². The number of thiophene rings is 1. The lowest BCUT2D eigenvalue weighted by atomic mass is 10.3. The Kier molecular flexibility index (Phi) is 5.37. The van der Waals surface area contributed by atoms with Crippen LogP contribution in [0.5, 0.6) is 5.88 Å². The van der Waals surface area contributed by atoms with Crippen LogP contribution in [0.2, 0.25) is 0 Å². The number of methoxy groups -OCH3 is 1. The van der Waals surface area contributed by atoms with Crippen LogP contribution in [-0.2, 0) is 13.1 Å². The Bertz CT molecular complexity index is 554. The van der Waals surface area contributed by atoms with Crippen LogP contribution in [0.3, 0.4) is 0 Å². The Labute approximate surface area is 122 Å². The van der Waals surface area contributed by atoms with Gasteiger partial charge in [-0.25, -0.2) is 4.98 Å². The van der Waals surface area contributed by atoms with Crippen molar-refractivity contribution in [3.63, 3.8) is 0 Å². The molecular formula is C14H18N4OS. The maximum atomic E-state index is 5.10. The molecule has 2 aromatic rings. The van der Waals surface area contributed by atoms with Crippen molar-refractivity contribution in [2.75, 3.05) is 14.2 Å². The van der Waals surface area contributed by atoms with Crippen LogP contribution in [0.1, 0.15) is 11.3 Å². The van der Waals surface area contributed by atoms with Crippen molar-refractivity contribution in [2.24, 2.45) is 4.99 Å². The minimum absolute atomic E-state index is 0.598. The highest BCUT2D eigenvalue weighted by molar-refractivity contribution is 7.07. The van der Waals surface area contributed by atoms with Gasteiger partial charge in [0.25, 0.3) is 0 Å². The summed E-state index contributed by atoms with van der Waals surface area (Å²) in [5, 5.41) is 10.7. The predicted octanol–water partition coefficient (Wildman–Crippen LogP) is 2.02. The van der Waals surface area contributed by atoms with Gasteiger partial charge >= 0.3 is 0 Å². The van der Waals surface area contributed by atoms with Gasteiger partial charge in [-0.3, -0.25) is 4.99 Å². The van der Waals surface area contributed by atoms with Gasteiger partial charge in [0.2, 0.25) is 5.88 Å². The number of nitrogens with one attached hydrogen (secondary N) is 2. The summed E-state index contributed by atoms with van der Waals surface area (Å²) in [7, 11) is 3.36. The minimum Gasteiger partial charge on any atom is -0.481 e. The summed E-state index contributed by atoms with van der Waals surface area (Å²) in [6.45, 7) is 1.36. The molecule has 0 aromatic carbocycles. The number of hydrogen-bond donors (Lipinski definition) is 2. The lowest BCUT2D eigenvalue weighted by molar-refractivity contribution is 0.396. The van der Waals surface area contributed by atoms with Crippen LogP contribution in [0.4, 0.5) is 0 Å². The molecule has 0 aliphatic carbocycles. The molecule has 106 valence electrons. The van der Waals surface area contributed by atoms with Crippen molar-refractivity contribution in [1.29, 1.82) is 0 Å². The molecule has 6 heteroatoms. The molecule has 2 aromatic heterocycles. The van der Waals surface area contributed by atoms with Crippen LogP contribution < -0.4 is 15.4 Å². The number of nitrogens with zero attached hydrogens (tertiary/aromatic N) is 2. The first-order valence-corrected chi connectivity index (χ1v) is 7.21. The third-order valence-corrected chi connectivity index (χ3v) is 3.42. The third kappa shape index (κ3) is 4.24. The first kappa shape index (κ1) is 14.3. The van der Waals surface area contributed by atoms with Crippen molar-refractivity contribution in [3.05, 3.63) is 46.3 Å². The normalized spacial score (nSPS) is 11.2. The summed E-state index contributed by atoms with van der Waals surface area (Å²) in [4.78, 5) is 8.53. The van der Waals surface area contributed by atoms with Crippen LogP contribution >= 0.6 is 11.3 Å². The fourth-order valence-electron chi connectivity index (χ4n) is 1.64. The zero-order chi connectivity index (χ0) is 14.2. The summed E-state index contributed by atoms with van der Waals surface area (Å²) >= 11 is 1.69. The Morgan fingerprint density at radius 1 is 1.30 bits per heavy atom. The van der Waals surface area contributed by atoms with Gasteiger partial charge in [-0.15, -0.1) is 0 Å². The Morgan fingerprint density at radius 2 is 2.15 bits per heavy atom. The number of ether oxygens (including phenoxy) is 1. The maximum absolute atomic E-state index is 5.10. The number of aliphatic imine (C=N–C) groups is 1. The summed E-state index contributed by atoms with van der Waals surface area (Å²) in [6, 6.07) is 7.79. The fraction of sp³-hybridized carbons (Fsp3) is 0.286. The quantitative estimate of drug-likeness (QED) is 0.653. The highest BCUT2D eigenvalue weighted by atomic mass is 32.1. The zero-order valence-electron chi connectivity index (χ0n) is 11.6. The van der Waals surface area contributed by atoms with Crippen molar-refractivity contribution >= 4 is 17.3 Å². The summed E-state index contributed by atoms with van der Waals surface area (Å²) < 4.78 is 5.10. The molecule has 0 unspecified atom stereocenters. The monoisotopic (exact) mass is 290 g/mol. The number of pyridine rings is 1. The van der Waals surface area contributed by atoms with Gasteiger partial charge in [0.15, 0.2) is 5.96 Å². The molecule has 0 aliphatic rings. The molecule has 0 saturated heterocycles.